The Hall–Kier alpha value is -2.17. The summed E-state index contributed by atoms with van der Waals surface area (Å²) in [6.07, 6.45) is 1.88. The molecule has 1 heterocycles. The summed E-state index contributed by atoms with van der Waals surface area (Å²) in [7, 11) is 0. The molecule has 1 N–H and O–H groups in total. The molecule has 2 aromatic rings. The smallest absolute Gasteiger partial charge is 0.232 e. The molecule has 142 valence electrons. The van der Waals surface area contributed by atoms with Gasteiger partial charge in [-0.2, -0.15) is 4.98 Å². The second-order valence-electron chi connectivity index (χ2n) is 8.62. The maximum absolute atomic E-state index is 12.2. The van der Waals surface area contributed by atoms with Crippen LogP contribution in [0.1, 0.15) is 70.3 Å². The van der Waals surface area contributed by atoms with Crippen molar-refractivity contribution in [3.63, 3.8) is 0 Å². The number of carbonyl (C=O) groups is 1. The van der Waals surface area contributed by atoms with Gasteiger partial charge >= 0.3 is 0 Å². The molecule has 1 amide bonds. The first-order valence-corrected chi connectivity index (χ1v) is 9.25. The number of nitrogens with zero attached hydrogens (tertiary/aromatic N) is 2. The Labute approximate surface area is 156 Å². The zero-order valence-corrected chi connectivity index (χ0v) is 16.8. The van der Waals surface area contributed by atoms with E-state index in [1.54, 1.807) is 0 Å². The van der Waals surface area contributed by atoms with Crippen LogP contribution in [0.2, 0.25) is 0 Å². The molecule has 2 rings (SSSR count). The van der Waals surface area contributed by atoms with Crippen LogP contribution in [0.5, 0.6) is 0 Å². The third-order valence-electron chi connectivity index (χ3n) is 4.59. The van der Waals surface area contributed by atoms with Gasteiger partial charge in [0.25, 0.3) is 0 Å². The zero-order chi connectivity index (χ0) is 19.4. The van der Waals surface area contributed by atoms with E-state index in [0.717, 1.165) is 6.42 Å². The number of carbonyl (C=O) groups excluding carboxylic acids is 1. The van der Waals surface area contributed by atoms with Crippen molar-refractivity contribution in [2.24, 2.45) is 0 Å². The molecule has 0 bridgehead atoms. The summed E-state index contributed by atoms with van der Waals surface area (Å²) in [5, 5.41) is 6.93. The lowest BCUT2D eigenvalue weighted by Gasteiger charge is -2.25. The maximum Gasteiger partial charge on any atom is 0.232 e. The number of rotatable bonds is 7. The largest absolute Gasteiger partial charge is 0.356 e. The topological polar surface area (TPSA) is 68.0 Å². The highest BCUT2D eigenvalue weighted by Gasteiger charge is 2.23. The number of hydrogen-bond donors (Lipinski definition) is 1. The molecule has 0 aliphatic heterocycles. The fraction of sp³-hybridized carbons (Fsp3) is 0.571. The Morgan fingerprint density at radius 2 is 1.77 bits per heavy atom. The van der Waals surface area contributed by atoms with Gasteiger partial charge in [-0.05, 0) is 24.3 Å². The van der Waals surface area contributed by atoms with E-state index in [2.05, 4.69) is 60.5 Å². The molecule has 1 aromatic heterocycles. The molecule has 0 aliphatic rings. The van der Waals surface area contributed by atoms with Crippen molar-refractivity contribution in [1.82, 2.24) is 15.5 Å². The molecule has 5 nitrogen and oxygen atoms in total. The van der Waals surface area contributed by atoms with Crippen LogP contribution in [0, 0.1) is 6.92 Å². The van der Waals surface area contributed by atoms with Crippen LogP contribution in [-0.2, 0) is 22.0 Å². The number of amides is 1. The van der Waals surface area contributed by atoms with Crippen molar-refractivity contribution in [3.05, 3.63) is 47.1 Å². The summed E-state index contributed by atoms with van der Waals surface area (Å²) in [5.41, 5.74) is 2.33. The van der Waals surface area contributed by atoms with Gasteiger partial charge in [-0.25, -0.2) is 0 Å². The second kappa shape index (κ2) is 8.02. The Morgan fingerprint density at radius 3 is 2.35 bits per heavy atom. The van der Waals surface area contributed by atoms with E-state index >= 15 is 0 Å². The highest BCUT2D eigenvalue weighted by molar-refractivity contribution is 5.76. The van der Waals surface area contributed by atoms with Gasteiger partial charge in [0.15, 0.2) is 5.82 Å². The third kappa shape index (κ3) is 5.68. The van der Waals surface area contributed by atoms with Gasteiger partial charge in [-0.15, -0.1) is 0 Å². The van der Waals surface area contributed by atoms with E-state index in [4.69, 9.17) is 4.52 Å². The minimum Gasteiger partial charge on any atom is -0.356 e. The first kappa shape index (κ1) is 20.1. The lowest BCUT2D eigenvalue weighted by atomic mass is 9.80. The van der Waals surface area contributed by atoms with Crippen LogP contribution in [0.25, 0.3) is 0 Å². The van der Waals surface area contributed by atoms with Crippen LogP contribution in [0.4, 0.5) is 0 Å². The van der Waals surface area contributed by atoms with Gasteiger partial charge in [-0.1, -0.05) is 69.6 Å². The SMILES string of the molecule is Cc1ccc(C(C)(C)CCC(=O)NCCc2noc(C(C)(C)C)n2)cc1. The lowest BCUT2D eigenvalue weighted by Crippen LogP contribution is -2.28. The third-order valence-corrected chi connectivity index (χ3v) is 4.59. The highest BCUT2D eigenvalue weighted by Crippen LogP contribution is 2.28. The van der Waals surface area contributed by atoms with Crippen molar-refractivity contribution in [2.45, 2.75) is 71.6 Å². The number of hydrogen-bond acceptors (Lipinski definition) is 4. The van der Waals surface area contributed by atoms with Crippen molar-refractivity contribution in [3.8, 4) is 0 Å². The summed E-state index contributed by atoms with van der Waals surface area (Å²) in [6, 6.07) is 8.54. The zero-order valence-electron chi connectivity index (χ0n) is 16.8. The first-order chi connectivity index (χ1) is 12.1. The Morgan fingerprint density at radius 1 is 1.12 bits per heavy atom. The molecule has 0 saturated carbocycles. The van der Waals surface area contributed by atoms with E-state index < -0.39 is 0 Å². The van der Waals surface area contributed by atoms with Crippen LogP contribution in [0.15, 0.2) is 28.8 Å². The molecule has 0 spiro atoms. The Kier molecular flexibility index (Phi) is 6.21. The summed E-state index contributed by atoms with van der Waals surface area (Å²) in [5.74, 6) is 1.32. The van der Waals surface area contributed by atoms with E-state index in [1.165, 1.54) is 11.1 Å². The molecule has 0 unspecified atom stereocenters. The summed E-state index contributed by atoms with van der Waals surface area (Å²) < 4.78 is 5.26. The van der Waals surface area contributed by atoms with Crippen molar-refractivity contribution < 1.29 is 9.32 Å². The summed E-state index contributed by atoms with van der Waals surface area (Å²) >= 11 is 0. The minimum absolute atomic E-state index is 0.0275. The van der Waals surface area contributed by atoms with E-state index in [1.807, 2.05) is 20.8 Å². The van der Waals surface area contributed by atoms with E-state index in [-0.39, 0.29) is 16.7 Å². The fourth-order valence-electron chi connectivity index (χ4n) is 2.64. The Balaban J connectivity index is 1.76. The van der Waals surface area contributed by atoms with Gasteiger partial charge < -0.3 is 9.84 Å². The molecule has 0 aliphatic carbocycles. The van der Waals surface area contributed by atoms with Crippen LogP contribution >= 0.6 is 0 Å². The molecule has 0 saturated heterocycles. The van der Waals surface area contributed by atoms with Crippen LogP contribution in [-0.4, -0.2) is 22.6 Å². The lowest BCUT2D eigenvalue weighted by molar-refractivity contribution is -0.121. The van der Waals surface area contributed by atoms with Gasteiger partial charge in [0.1, 0.15) is 0 Å². The summed E-state index contributed by atoms with van der Waals surface area (Å²) in [4.78, 5) is 16.5. The van der Waals surface area contributed by atoms with Crippen LogP contribution in [0.3, 0.4) is 0 Å². The quantitative estimate of drug-likeness (QED) is 0.810. The van der Waals surface area contributed by atoms with E-state index in [0.29, 0.717) is 31.1 Å². The number of benzene rings is 1. The van der Waals surface area contributed by atoms with Crippen molar-refractivity contribution in [2.75, 3.05) is 6.54 Å². The molecular formula is C21H31N3O2. The monoisotopic (exact) mass is 357 g/mol. The van der Waals surface area contributed by atoms with Gasteiger partial charge in [0.05, 0.1) is 0 Å². The fourth-order valence-corrected chi connectivity index (χ4v) is 2.64. The van der Waals surface area contributed by atoms with Gasteiger partial charge in [0, 0.05) is 24.8 Å². The minimum atomic E-state index is -0.157. The van der Waals surface area contributed by atoms with Gasteiger partial charge in [-0.3, -0.25) is 4.79 Å². The van der Waals surface area contributed by atoms with Crippen LogP contribution < -0.4 is 5.32 Å². The van der Waals surface area contributed by atoms with E-state index in [9.17, 15) is 4.79 Å². The molecule has 0 radical (unpaired) electrons. The maximum atomic E-state index is 12.2. The molecule has 5 heteroatoms. The summed E-state index contributed by atoms with van der Waals surface area (Å²) in [6.45, 7) is 13.0. The van der Waals surface area contributed by atoms with Crippen molar-refractivity contribution in [1.29, 1.82) is 0 Å². The normalized spacial score (nSPS) is 12.2. The molecular weight excluding hydrogens is 326 g/mol. The predicted octanol–water partition coefficient (Wildman–Crippen LogP) is 4.09. The van der Waals surface area contributed by atoms with Crippen molar-refractivity contribution >= 4 is 5.91 Å². The Bertz CT molecular complexity index is 724. The average Bonchev–Trinajstić information content (AvgIpc) is 3.03. The number of nitrogens with one attached hydrogen (secondary N) is 1. The first-order valence-electron chi connectivity index (χ1n) is 9.25. The van der Waals surface area contributed by atoms with Gasteiger partial charge in [0.2, 0.25) is 11.8 Å². The standard InChI is InChI=1S/C21H31N3O2/c1-15-7-9-16(10-8-15)21(5,6)13-11-18(25)22-14-12-17-23-19(26-24-17)20(2,3)4/h7-10H,11-14H2,1-6H3,(H,22,25). The highest BCUT2D eigenvalue weighted by atomic mass is 16.5. The molecule has 0 fully saturated rings. The number of aryl methyl sites for hydroxylation is 1. The predicted molar refractivity (Wildman–Crippen MR) is 103 cm³/mol. The second-order valence-corrected chi connectivity index (χ2v) is 8.62. The molecule has 1 aromatic carbocycles. The number of aromatic nitrogens is 2. The average molecular weight is 357 g/mol. The molecule has 26 heavy (non-hydrogen) atoms. The molecule has 0 atom stereocenters.